The number of benzene rings is 1. The van der Waals surface area contributed by atoms with Gasteiger partial charge in [-0.2, -0.15) is 0 Å². The maximum atomic E-state index is 12.7. The lowest BCUT2D eigenvalue weighted by atomic mass is 9.97. The zero-order valence-corrected chi connectivity index (χ0v) is 8.02. The van der Waals surface area contributed by atoms with Gasteiger partial charge in [0.25, 0.3) is 6.43 Å². The fourth-order valence-corrected chi connectivity index (χ4v) is 1.12. The Labute approximate surface area is 84.1 Å². The standard InChI is InChI=1S/C9H8ClF3O/c1-9(14,8(12)13)5-2-3-7(11)6(10)4-5/h2-4,8,14H,1H3. The second-order valence-corrected chi connectivity index (χ2v) is 3.48. The van der Waals surface area contributed by atoms with Crippen molar-refractivity contribution in [2.75, 3.05) is 0 Å². The van der Waals surface area contributed by atoms with E-state index in [1.165, 1.54) is 0 Å². The molecule has 0 aromatic heterocycles. The van der Waals surface area contributed by atoms with E-state index in [4.69, 9.17) is 11.6 Å². The number of hydrogen-bond acceptors (Lipinski definition) is 1. The third-order valence-electron chi connectivity index (χ3n) is 1.93. The van der Waals surface area contributed by atoms with Crippen LogP contribution in [0.3, 0.4) is 0 Å². The molecule has 0 saturated heterocycles. The summed E-state index contributed by atoms with van der Waals surface area (Å²) in [6.07, 6.45) is -2.95. The van der Waals surface area contributed by atoms with Crippen LogP contribution in [0, 0.1) is 5.82 Å². The van der Waals surface area contributed by atoms with Crippen LogP contribution in [0.5, 0.6) is 0 Å². The summed E-state index contributed by atoms with van der Waals surface area (Å²) in [7, 11) is 0. The number of alkyl halides is 2. The Balaban J connectivity index is 3.14. The number of aliphatic hydroxyl groups is 1. The average molecular weight is 225 g/mol. The van der Waals surface area contributed by atoms with Gasteiger partial charge < -0.3 is 5.11 Å². The summed E-state index contributed by atoms with van der Waals surface area (Å²) >= 11 is 5.39. The summed E-state index contributed by atoms with van der Waals surface area (Å²) in [5.41, 5.74) is -2.42. The van der Waals surface area contributed by atoms with Gasteiger partial charge in [0, 0.05) is 0 Å². The fourth-order valence-electron chi connectivity index (χ4n) is 0.937. The van der Waals surface area contributed by atoms with Gasteiger partial charge in [0.2, 0.25) is 0 Å². The van der Waals surface area contributed by atoms with Crippen molar-refractivity contribution in [3.8, 4) is 0 Å². The largest absolute Gasteiger partial charge is 0.379 e. The molecule has 0 saturated carbocycles. The van der Waals surface area contributed by atoms with Crippen LogP contribution in [0.25, 0.3) is 0 Å². The van der Waals surface area contributed by atoms with Crippen LogP contribution < -0.4 is 0 Å². The summed E-state index contributed by atoms with van der Waals surface area (Å²) in [6, 6.07) is 3.00. The van der Waals surface area contributed by atoms with Gasteiger partial charge in [-0.3, -0.25) is 0 Å². The molecule has 0 aliphatic heterocycles. The highest BCUT2D eigenvalue weighted by molar-refractivity contribution is 6.30. The molecule has 0 heterocycles. The summed E-state index contributed by atoms with van der Waals surface area (Å²) < 4.78 is 37.4. The average Bonchev–Trinajstić information content (AvgIpc) is 2.09. The molecule has 5 heteroatoms. The zero-order valence-electron chi connectivity index (χ0n) is 7.27. The Kier molecular flexibility index (Phi) is 3.07. The Morgan fingerprint density at radius 3 is 2.43 bits per heavy atom. The highest BCUT2D eigenvalue weighted by atomic mass is 35.5. The third-order valence-corrected chi connectivity index (χ3v) is 2.22. The van der Waals surface area contributed by atoms with Crippen molar-refractivity contribution in [1.29, 1.82) is 0 Å². The Hall–Kier alpha value is -0.740. The van der Waals surface area contributed by atoms with Crippen LogP contribution in [0.4, 0.5) is 13.2 Å². The normalized spacial score (nSPS) is 15.6. The van der Waals surface area contributed by atoms with Crippen molar-refractivity contribution in [2.45, 2.75) is 19.0 Å². The molecule has 1 N–H and O–H groups in total. The van der Waals surface area contributed by atoms with Crippen molar-refractivity contribution >= 4 is 11.6 Å². The first-order chi connectivity index (χ1) is 6.35. The fraction of sp³-hybridized carbons (Fsp3) is 0.333. The first kappa shape index (κ1) is 11.3. The molecule has 0 amide bonds. The van der Waals surface area contributed by atoms with E-state index in [1.807, 2.05) is 0 Å². The summed E-state index contributed by atoms with van der Waals surface area (Å²) in [4.78, 5) is 0. The molecule has 1 nitrogen and oxygen atoms in total. The molecule has 1 unspecified atom stereocenters. The van der Waals surface area contributed by atoms with Crippen molar-refractivity contribution < 1.29 is 18.3 Å². The SMILES string of the molecule is CC(O)(c1ccc(F)c(Cl)c1)C(F)F. The van der Waals surface area contributed by atoms with Gasteiger partial charge in [-0.05, 0) is 24.6 Å². The molecule has 0 aliphatic carbocycles. The molecular weight excluding hydrogens is 217 g/mol. The zero-order chi connectivity index (χ0) is 10.9. The first-order valence-corrected chi connectivity index (χ1v) is 4.19. The molecule has 1 atom stereocenters. The van der Waals surface area contributed by atoms with Crippen LogP contribution in [-0.2, 0) is 5.60 Å². The highest BCUT2D eigenvalue weighted by Gasteiger charge is 2.34. The molecule has 1 aromatic carbocycles. The third kappa shape index (κ3) is 2.01. The molecule has 0 radical (unpaired) electrons. The van der Waals surface area contributed by atoms with Crippen molar-refractivity contribution in [1.82, 2.24) is 0 Å². The van der Waals surface area contributed by atoms with Gasteiger partial charge in [-0.1, -0.05) is 17.7 Å². The predicted octanol–water partition coefficient (Wildman–Crippen LogP) is 2.95. The van der Waals surface area contributed by atoms with E-state index in [1.54, 1.807) is 0 Å². The molecule has 78 valence electrons. The van der Waals surface area contributed by atoms with Gasteiger partial charge >= 0.3 is 0 Å². The maximum Gasteiger partial charge on any atom is 0.270 e. The number of hydrogen-bond donors (Lipinski definition) is 1. The molecule has 0 aliphatic rings. The van der Waals surface area contributed by atoms with Crippen molar-refractivity contribution in [2.24, 2.45) is 0 Å². The monoisotopic (exact) mass is 224 g/mol. The lowest BCUT2D eigenvalue weighted by molar-refractivity contribution is -0.0883. The van der Waals surface area contributed by atoms with E-state index in [0.29, 0.717) is 0 Å². The van der Waals surface area contributed by atoms with Gasteiger partial charge in [0.15, 0.2) is 0 Å². The Bertz CT molecular complexity index is 339. The summed E-state index contributed by atoms with van der Waals surface area (Å²) in [5, 5.41) is 9.06. The summed E-state index contributed by atoms with van der Waals surface area (Å²) in [6.45, 7) is 0.946. The molecule has 0 fully saturated rings. The van der Waals surface area contributed by atoms with Gasteiger partial charge in [-0.25, -0.2) is 13.2 Å². The quantitative estimate of drug-likeness (QED) is 0.819. The lowest BCUT2D eigenvalue weighted by Gasteiger charge is -2.22. The molecule has 1 rings (SSSR count). The minimum absolute atomic E-state index is 0.112. The van der Waals surface area contributed by atoms with E-state index < -0.39 is 17.8 Å². The van der Waals surface area contributed by atoms with E-state index in [0.717, 1.165) is 25.1 Å². The van der Waals surface area contributed by atoms with Crippen LogP contribution in [0.2, 0.25) is 5.02 Å². The highest BCUT2D eigenvalue weighted by Crippen LogP contribution is 2.30. The van der Waals surface area contributed by atoms with Crippen LogP contribution in [-0.4, -0.2) is 11.5 Å². The maximum absolute atomic E-state index is 12.7. The minimum Gasteiger partial charge on any atom is -0.379 e. The molecular formula is C9H8ClF3O. The van der Waals surface area contributed by atoms with E-state index >= 15 is 0 Å². The second-order valence-electron chi connectivity index (χ2n) is 3.08. The second kappa shape index (κ2) is 3.79. The van der Waals surface area contributed by atoms with E-state index in [2.05, 4.69) is 0 Å². The molecule has 0 spiro atoms. The van der Waals surface area contributed by atoms with Crippen LogP contribution >= 0.6 is 11.6 Å². The Morgan fingerprint density at radius 1 is 1.43 bits per heavy atom. The van der Waals surface area contributed by atoms with Crippen LogP contribution in [0.1, 0.15) is 12.5 Å². The summed E-state index contributed by atoms with van der Waals surface area (Å²) in [5.74, 6) is -0.708. The van der Waals surface area contributed by atoms with Gasteiger partial charge in [-0.15, -0.1) is 0 Å². The molecule has 0 bridgehead atoms. The smallest absolute Gasteiger partial charge is 0.270 e. The van der Waals surface area contributed by atoms with Crippen molar-refractivity contribution in [3.63, 3.8) is 0 Å². The van der Waals surface area contributed by atoms with Crippen LogP contribution in [0.15, 0.2) is 18.2 Å². The van der Waals surface area contributed by atoms with E-state index in [9.17, 15) is 18.3 Å². The van der Waals surface area contributed by atoms with E-state index in [-0.39, 0.29) is 10.6 Å². The lowest BCUT2D eigenvalue weighted by Crippen LogP contribution is -2.30. The molecule has 14 heavy (non-hydrogen) atoms. The van der Waals surface area contributed by atoms with Gasteiger partial charge in [0.1, 0.15) is 11.4 Å². The predicted molar refractivity (Wildman–Crippen MR) is 47.0 cm³/mol. The minimum atomic E-state index is -2.95. The molecule has 1 aromatic rings. The van der Waals surface area contributed by atoms with Gasteiger partial charge in [0.05, 0.1) is 5.02 Å². The number of rotatable bonds is 2. The first-order valence-electron chi connectivity index (χ1n) is 3.81. The Morgan fingerprint density at radius 2 is 2.00 bits per heavy atom. The number of halogens is 4. The van der Waals surface area contributed by atoms with Crippen molar-refractivity contribution in [3.05, 3.63) is 34.6 Å². The topological polar surface area (TPSA) is 20.2 Å².